The quantitative estimate of drug-likeness (QED) is 0.0459. The van der Waals surface area contributed by atoms with Gasteiger partial charge < -0.3 is 18.9 Å². The fourth-order valence-electron chi connectivity index (χ4n) is 5.04. The van der Waals surface area contributed by atoms with Crippen molar-refractivity contribution >= 4 is 17.9 Å². The summed E-state index contributed by atoms with van der Waals surface area (Å²) >= 11 is 0. The molecule has 0 radical (unpaired) electrons. The first-order valence-corrected chi connectivity index (χ1v) is 17.6. The first kappa shape index (κ1) is 44.6. The molecule has 16 heteroatoms. The van der Waals surface area contributed by atoms with E-state index in [1.165, 1.54) is 24.3 Å². The first-order valence-electron chi connectivity index (χ1n) is 17.6. The van der Waals surface area contributed by atoms with Crippen LogP contribution >= 0.6 is 0 Å². The molecule has 0 unspecified atom stereocenters. The van der Waals surface area contributed by atoms with Gasteiger partial charge in [0, 0.05) is 0 Å². The minimum atomic E-state index is -7.17. The summed E-state index contributed by atoms with van der Waals surface area (Å²) in [5.41, 5.74) is 2.25. The Morgan fingerprint density at radius 3 is 1.64 bits per heavy atom. The largest absolute Gasteiger partial charge is 0.494 e. The third-order valence-corrected chi connectivity index (χ3v) is 8.32. The summed E-state index contributed by atoms with van der Waals surface area (Å²) < 4.78 is 136. The number of benzene rings is 3. The average molecular weight is 793 g/mol. The van der Waals surface area contributed by atoms with E-state index in [1.807, 2.05) is 6.92 Å². The van der Waals surface area contributed by atoms with E-state index in [4.69, 9.17) is 14.2 Å². The van der Waals surface area contributed by atoms with Crippen LogP contribution in [0.4, 0.5) is 39.5 Å². The SMILES string of the molecule is CCCCCC[C@@H](C)OC(=O)c1ccc(OC(=O)c2ccc(-c3ccc(OCCCCCCOC(=O)C(F)(F)C(F)(F)C(F)(F)C(F)(F)F)cc3)cc2)cc1. The lowest BCUT2D eigenvalue weighted by molar-refractivity contribution is -0.390. The summed E-state index contributed by atoms with van der Waals surface area (Å²) in [4.78, 5) is 36.4. The molecule has 0 saturated carbocycles. The van der Waals surface area contributed by atoms with Crippen LogP contribution < -0.4 is 9.47 Å². The maximum absolute atomic E-state index is 13.5. The standard InChI is InChI=1S/C39H41F9O7/c1-3-4-5-8-11-26(2)54-33(49)30-18-22-32(23-19-30)55-34(50)29-14-12-27(13-15-29)28-16-20-31(21-17-28)52-24-9-6-7-10-25-53-35(51)36(40,41)37(42,43)38(44,45)39(46,47)48/h12-23,26H,3-11,24-25H2,1-2H3/t26-/m1/s1. The van der Waals surface area contributed by atoms with Gasteiger partial charge in [-0.2, -0.15) is 39.5 Å². The Labute approximate surface area is 312 Å². The van der Waals surface area contributed by atoms with E-state index in [0.29, 0.717) is 29.7 Å². The van der Waals surface area contributed by atoms with Crippen molar-refractivity contribution in [1.82, 2.24) is 0 Å². The molecule has 0 fully saturated rings. The van der Waals surface area contributed by atoms with Crippen molar-refractivity contribution in [2.75, 3.05) is 13.2 Å². The van der Waals surface area contributed by atoms with Gasteiger partial charge in [0.2, 0.25) is 0 Å². The number of rotatable bonds is 21. The fraction of sp³-hybridized carbons (Fsp3) is 0.462. The van der Waals surface area contributed by atoms with Gasteiger partial charge in [0.1, 0.15) is 11.5 Å². The van der Waals surface area contributed by atoms with Crippen molar-refractivity contribution in [2.45, 2.75) is 102 Å². The number of carbonyl (C=O) groups is 3. The molecule has 55 heavy (non-hydrogen) atoms. The Balaban J connectivity index is 1.37. The van der Waals surface area contributed by atoms with Crippen molar-refractivity contribution in [1.29, 1.82) is 0 Å². The number of esters is 3. The second-order valence-electron chi connectivity index (χ2n) is 12.7. The normalized spacial score (nSPS) is 12.9. The molecule has 302 valence electrons. The van der Waals surface area contributed by atoms with Gasteiger partial charge in [-0.15, -0.1) is 0 Å². The van der Waals surface area contributed by atoms with Crippen LogP contribution in [-0.2, 0) is 14.3 Å². The maximum Gasteiger partial charge on any atom is 0.460 e. The van der Waals surface area contributed by atoms with Gasteiger partial charge in [-0.1, -0.05) is 50.5 Å². The first-order chi connectivity index (χ1) is 25.8. The molecule has 3 rings (SSSR count). The Hall–Kier alpha value is -4.76. The fourth-order valence-corrected chi connectivity index (χ4v) is 5.04. The Kier molecular flexibility index (Phi) is 16.0. The van der Waals surface area contributed by atoms with E-state index in [-0.39, 0.29) is 31.3 Å². The lowest BCUT2D eigenvalue weighted by atomic mass is 10.0. The number of hydrogen-bond donors (Lipinski definition) is 0. The van der Waals surface area contributed by atoms with Crippen LogP contribution in [0.5, 0.6) is 11.5 Å². The molecule has 0 saturated heterocycles. The van der Waals surface area contributed by atoms with Gasteiger partial charge in [-0.05, 0) is 105 Å². The van der Waals surface area contributed by atoms with Crippen molar-refractivity contribution in [3.8, 4) is 22.6 Å². The molecular weight excluding hydrogens is 751 g/mol. The van der Waals surface area contributed by atoms with Crippen molar-refractivity contribution in [3.05, 3.63) is 83.9 Å². The lowest BCUT2D eigenvalue weighted by Gasteiger charge is -2.32. The third kappa shape index (κ3) is 12.1. The molecule has 7 nitrogen and oxygen atoms in total. The van der Waals surface area contributed by atoms with Gasteiger partial charge in [-0.25, -0.2) is 14.4 Å². The van der Waals surface area contributed by atoms with E-state index < -0.39 is 48.5 Å². The summed E-state index contributed by atoms with van der Waals surface area (Å²) in [5.74, 6) is -24.1. The number of ether oxygens (including phenoxy) is 4. The van der Waals surface area contributed by atoms with Gasteiger partial charge in [0.05, 0.1) is 30.4 Å². The van der Waals surface area contributed by atoms with E-state index in [0.717, 1.165) is 43.2 Å². The van der Waals surface area contributed by atoms with Crippen LogP contribution in [0.3, 0.4) is 0 Å². The lowest BCUT2D eigenvalue weighted by Crippen LogP contribution is -2.63. The Morgan fingerprint density at radius 2 is 1.07 bits per heavy atom. The predicted octanol–water partition coefficient (Wildman–Crippen LogP) is 11.0. The van der Waals surface area contributed by atoms with Gasteiger partial charge in [-0.3, -0.25) is 0 Å². The van der Waals surface area contributed by atoms with E-state index in [2.05, 4.69) is 11.7 Å². The van der Waals surface area contributed by atoms with Crippen LogP contribution in [0.1, 0.15) is 92.4 Å². The number of alkyl halides is 9. The van der Waals surface area contributed by atoms with Crippen molar-refractivity contribution < 1.29 is 72.8 Å². The molecule has 0 aliphatic rings. The molecule has 0 spiro atoms. The van der Waals surface area contributed by atoms with Crippen molar-refractivity contribution in [2.24, 2.45) is 0 Å². The molecule has 3 aromatic rings. The number of carbonyl (C=O) groups excluding carboxylic acids is 3. The summed E-state index contributed by atoms with van der Waals surface area (Å²) in [7, 11) is 0. The van der Waals surface area contributed by atoms with Crippen LogP contribution in [-0.4, -0.2) is 61.2 Å². The molecular formula is C39H41F9O7. The molecule has 0 aliphatic heterocycles. The summed E-state index contributed by atoms with van der Waals surface area (Å²) in [6.45, 7) is 3.29. The summed E-state index contributed by atoms with van der Waals surface area (Å²) in [6, 6.07) is 19.7. The molecule has 0 bridgehead atoms. The number of halogens is 9. The highest BCUT2D eigenvalue weighted by atomic mass is 19.4. The molecule has 0 heterocycles. The topological polar surface area (TPSA) is 88.1 Å². The van der Waals surface area contributed by atoms with Crippen LogP contribution in [0.2, 0.25) is 0 Å². The smallest absolute Gasteiger partial charge is 0.460 e. The average Bonchev–Trinajstić information content (AvgIpc) is 3.14. The zero-order valence-corrected chi connectivity index (χ0v) is 30.0. The minimum absolute atomic E-state index is 0.155. The van der Waals surface area contributed by atoms with E-state index >= 15 is 0 Å². The second kappa shape index (κ2) is 19.7. The van der Waals surface area contributed by atoms with Crippen molar-refractivity contribution in [3.63, 3.8) is 0 Å². The van der Waals surface area contributed by atoms with Gasteiger partial charge in [0.25, 0.3) is 0 Å². The zero-order chi connectivity index (χ0) is 40.9. The molecule has 3 aromatic carbocycles. The summed E-state index contributed by atoms with van der Waals surface area (Å²) in [6.07, 6.45) is -1.22. The Bertz CT molecular complexity index is 1680. The Morgan fingerprint density at radius 1 is 0.582 bits per heavy atom. The maximum atomic E-state index is 13.5. The highest BCUT2D eigenvalue weighted by Gasteiger charge is 2.84. The molecule has 1 atom stereocenters. The zero-order valence-electron chi connectivity index (χ0n) is 30.0. The third-order valence-electron chi connectivity index (χ3n) is 8.32. The minimum Gasteiger partial charge on any atom is -0.494 e. The second-order valence-corrected chi connectivity index (χ2v) is 12.7. The number of unbranched alkanes of at least 4 members (excludes halogenated alkanes) is 6. The van der Waals surface area contributed by atoms with Crippen LogP contribution in [0.25, 0.3) is 11.1 Å². The van der Waals surface area contributed by atoms with E-state index in [1.54, 1.807) is 48.5 Å². The predicted molar refractivity (Wildman–Crippen MR) is 183 cm³/mol. The monoisotopic (exact) mass is 792 g/mol. The molecule has 0 aliphatic carbocycles. The van der Waals surface area contributed by atoms with Crippen LogP contribution in [0, 0.1) is 0 Å². The van der Waals surface area contributed by atoms with E-state index in [9.17, 15) is 53.9 Å². The van der Waals surface area contributed by atoms with Gasteiger partial charge in [0.15, 0.2) is 0 Å². The van der Waals surface area contributed by atoms with Gasteiger partial charge >= 0.3 is 41.9 Å². The molecule has 0 amide bonds. The molecule has 0 aromatic heterocycles. The molecule has 0 N–H and O–H groups in total. The van der Waals surface area contributed by atoms with Crippen LogP contribution in [0.15, 0.2) is 72.8 Å². The highest BCUT2D eigenvalue weighted by molar-refractivity contribution is 5.92. The summed E-state index contributed by atoms with van der Waals surface area (Å²) in [5, 5.41) is 0. The highest BCUT2D eigenvalue weighted by Crippen LogP contribution is 2.53. The number of hydrogen-bond acceptors (Lipinski definition) is 7.